The second-order valence-electron chi connectivity index (χ2n) is 4.10. The van der Waals surface area contributed by atoms with Crippen LogP contribution in [0.2, 0.25) is 0 Å². The molecule has 6 nitrogen and oxygen atoms in total. The van der Waals surface area contributed by atoms with Gasteiger partial charge < -0.3 is 9.84 Å². The van der Waals surface area contributed by atoms with Crippen molar-refractivity contribution in [3.8, 4) is 5.75 Å². The maximum absolute atomic E-state index is 12.4. The first-order chi connectivity index (χ1) is 9.47. The van der Waals surface area contributed by atoms with E-state index in [0.29, 0.717) is 11.3 Å². The molecule has 1 aromatic carbocycles. The molecule has 112 valence electrons. The molecule has 8 heteroatoms. The van der Waals surface area contributed by atoms with Crippen LogP contribution in [0.3, 0.4) is 0 Å². The van der Waals surface area contributed by atoms with E-state index in [0.717, 1.165) is 0 Å². The second-order valence-corrected chi connectivity index (χ2v) is 4.10. The first kappa shape index (κ1) is 16.3. The normalized spacial score (nSPS) is 11.1. The van der Waals surface area contributed by atoms with Gasteiger partial charge in [0.25, 0.3) is 12.1 Å². The number of hydrogen-bond donors (Lipinski definition) is 1. The molecule has 1 N–H and O–H groups in total. The molecule has 0 aliphatic carbocycles. The Hall–Kier alpha value is -1.80. The largest absolute Gasteiger partial charge is 0.496 e. The number of aliphatic hydroxyl groups is 1. The second kappa shape index (κ2) is 7.71. The van der Waals surface area contributed by atoms with Crippen molar-refractivity contribution in [2.75, 3.05) is 26.8 Å². The van der Waals surface area contributed by atoms with Crippen LogP contribution in [0, 0.1) is 10.1 Å². The molecule has 0 saturated heterocycles. The molecule has 0 aliphatic rings. The molecule has 20 heavy (non-hydrogen) atoms. The zero-order valence-electron chi connectivity index (χ0n) is 11.0. The van der Waals surface area contributed by atoms with Crippen LogP contribution in [-0.2, 0) is 6.54 Å². The molecule has 0 unspecified atom stereocenters. The summed E-state index contributed by atoms with van der Waals surface area (Å²) in [6.45, 7) is -0.706. The number of aliphatic hydroxyl groups excluding tert-OH is 1. The van der Waals surface area contributed by atoms with Crippen molar-refractivity contribution in [3.05, 3.63) is 33.9 Å². The highest BCUT2D eigenvalue weighted by Gasteiger charge is 2.17. The minimum absolute atomic E-state index is 0.0375. The molecule has 0 saturated carbocycles. The molecule has 1 rings (SSSR count). The van der Waals surface area contributed by atoms with Gasteiger partial charge in [0.15, 0.2) is 0 Å². The van der Waals surface area contributed by atoms with E-state index in [4.69, 9.17) is 9.84 Å². The van der Waals surface area contributed by atoms with Gasteiger partial charge in [-0.05, 0) is 6.07 Å². The third-order valence-corrected chi connectivity index (χ3v) is 2.68. The van der Waals surface area contributed by atoms with Crippen molar-refractivity contribution in [1.82, 2.24) is 4.90 Å². The van der Waals surface area contributed by atoms with Crippen LogP contribution >= 0.6 is 0 Å². The van der Waals surface area contributed by atoms with Crippen LogP contribution in [0.1, 0.15) is 5.56 Å². The molecule has 0 bridgehead atoms. The highest BCUT2D eigenvalue weighted by molar-refractivity contribution is 5.43. The summed E-state index contributed by atoms with van der Waals surface area (Å²) in [6, 6.07) is 3.99. The van der Waals surface area contributed by atoms with Crippen molar-refractivity contribution in [1.29, 1.82) is 0 Å². The molecule has 0 aromatic heterocycles. The van der Waals surface area contributed by atoms with Gasteiger partial charge in [0.1, 0.15) is 5.75 Å². The number of nitro groups is 1. The molecule has 0 radical (unpaired) electrons. The lowest BCUT2D eigenvalue weighted by molar-refractivity contribution is -0.384. The summed E-state index contributed by atoms with van der Waals surface area (Å²) >= 11 is 0. The number of nitrogens with zero attached hydrogens (tertiary/aromatic N) is 2. The summed E-state index contributed by atoms with van der Waals surface area (Å²) < 4.78 is 29.9. The minimum atomic E-state index is -2.55. The summed E-state index contributed by atoms with van der Waals surface area (Å²) in [4.78, 5) is 11.5. The maximum atomic E-state index is 12.4. The lowest BCUT2D eigenvalue weighted by Crippen LogP contribution is -2.31. The van der Waals surface area contributed by atoms with Gasteiger partial charge in [0.2, 0.25) is 0 Å². The summed E-state index contributed by atoms with van der Waals surface area (Å²) in [7, 11) is 1.40. The van der Waals surface area contributed by atoms with Crippen molar-refractivity contribution in [2.24, 2.45) is 0 Å². The molecule has 0 atom stereocenters. The topological polar surface area (TPSA) is 75.8 Å². The summed E-state index contributed by atoms with van der Waals surface area (Å²) in [5.74, 6) is 0.382. The molecule has 0 fully saturated rings. The van der Waals surface area contributed by atoms with Crippen LogP contribution in [0.4, 0.5) is 14.5 Å². The third kappa shape index (κ3) is 4.71. The molecule has 0 heterocycles. The maximum Gasteiger partial charge on any atom is 0.270 e. The Morgan fingerprint density at radius 2 is 2.20 bits per heavy atom. The van der Waals surface area contributed by atoms with E-state index in [1.165, 1.54) is 30.2 Å². The van der Waals surface area contributed by atoms with Crippen molar-refractivity contribution in [2.45, 2.75) is 13.0 Å². The number of ether oxygens (including phenoxy) is 1. The van der Waals surface area contributed by atoms with Gasteiger partial charge in [-0.15, -0.1) is 0 Å². The van der Waals surface area contributed by atoms with Gasteiger partial charge in [0.05, 0.1) is 25.2 Å². The Balaban J connectivity index is 2.96. The highest BCUT2D eigenvalue weighted by Crippen LogP contribution is 2.25. The predicted octanol–water partition coefficient (Wildman–Crippen LogP) is 1.66. The fourth-order valence-corrected chi connectivity index (χ4v) is 1.81. The fourth-order valence-electron chi connectivity index (χ4n) is 1.81. The van der Waals surface area contributed by atoms with Gasteiger partial charge in [-0.1, -0.05) is 0 Å². The van der Waals surface area contributed by atoms with Gasteiger partial charge in [-0.2, -0.15) is 0 Å². The monoisotopic (exact) mass is 290 g/mol. The number of nitro benzene ring substituents is 1. The molecular formula is C12H16F2N2O4. The Labute approximate surface area is 114 Å². The first-order valence-corrected chi connectivity index (χ1v) is 5.90. The molecule has 0 spiro atoms. The van der Waals surface area contributed by atoms with Crippen molar-refractivity contribution < 1.29 is 23.5 Å². The smallest absolute Gasteiger partial charge is 0.270 e. The van der Waals surface area contributed by atoms with Crippen LogP contribution in [0.25, 0.3) is 0 Å². The minimum Gasteiger partial charge on any atom is -0.496 e. The molecular weight excluding hydrogens is 274 g/mol. The Kier molecular flexibility index (Phi) is 6.26. The van der Waals surface area contributed by atoms with Crippen LogP contribution < -0.4 is 4.74 Å². The van der Waals surface area contributed by atoms with E-state index >= 15 is 0 Å². The fraction of sp³-hybridized carbons (Fsp3) is 0.500. The van der Waals surface area contributed by atoms with Crippen LogP contribution in [0.15, 0.2) is 18.2 Å². The van der Waals surface area contributed by atoms with Gasteiger partial charge in [0, 0.05) is 30.8 Å². The number of methoxy groups -OCH3 is 1. The van der Waals surface area contributed by atoms with Crippen molar-refractivity contribution >= 4 is 5.69 Å². The van der Waals surface area contributed by atoms with E-state index in [-0.39, 0.29) is 25.4 Å². The Morgan fingerprint density at radius 3 is 2.70 bits per heavy atom. The lowest BCUT2D eigenvalue weighted by atomic mass is 10.1. The van der Waals surface area contributed by atoms with E-state index in [9.17, 15) is 18.9 Å². The Morgan fingerprint density at radius 1 is 1.50 bits per heavy atom. The van der Waals surface area contributed by atoms with E-state index < -0.39 is 17.9 Å². The van der Waals surface area contributed by atoms with E-state index in [2.05, 4.69) is 0 Å². The zero-order valence-corrected chi connectivity index (χ0v) is 11.0. The number of non-ortho nitro benzene ring substituents is 1. The summed E-state index contributed by atoms with van der Waals surface area (Å²) in [5, 5.41) is 19.6. The van der Waals surface area contributed by atoms with Crippen LogP contribution in [-0.4, -0.2) is 48.2 Å². The SMILES string of the molecule is COc1ccc([N+](=O)[O-])cc1CN(CCO)CC(F)F. The number of hydrogen-bond acceptors (Lipinski definition) is 5. The predicted molar refractivity (Wildman–Crippen MR) is 68.0 cm³/mol. The number of rotatable bonds is 8. The van der Waals surface area contributed by atoms with E-state index in [1.807, 2.05) is 0 Å². The first-order valence-electron chi connectivity index (χ1n) is 5.90. The average molecular weight is 290 g/mol. The van der Waals surface area contributed by atoms with Crippen molar-refractivity contribution in [3.63, 3.8) is 0 Å². The highest BCUT2D eigenvalue weighted by atomic mass is 19.3. The number of alkyl halides is 2. The number of benzene rings is 1. The summed E-state index contributed by atoms with van der Waals surface area (Å²) in [5.41, 5.74) is 0.289. The number of halogens is 2. The lowest BCUT2D eigenvalue weighted by Gasteiger charge is -2.21. The van der Waals surface area contributed by atoms with Gasteiger partial charge >= 0.3 is 0 Å². The molecule has 0 amide bonds. The third-order valence-electron chi connectivity index (χ3n) is 2.68. The van der Waals surface area contributed by atoms with Crippen LogP contribution in [0.5, 0.6) is 5.75 Å². The standard InChI is InChI=1S/C12H16F2N2O4/c1-20-11-3-2-10(16(18)19)6-9(11)7-15(4-5-17)8-12(13)14/h2-3,6,12,17H,4-5,7-8H2,1H3. The van der Waals surface area contributed by atoms with Gasteiger partial charge in [-0.25, -0.2) is 8.78 Å². The Bertz CT molecular complexity index is 457. The zero-order chi connectivity index (χ0) is 15.1. The molecule has 1 aromatic rings. The van der Waals surface area contributed by atoms with Gasteiger partial charge in [-0.3, -0.25) is 15.0 Å². The quantitative estimate of drug-likeness (QED) is 0.582. The molecule has 0 aliphatic heterocycles. The summed E-state index contributed by atoms with van der Waals surface area (Å²) in [6.07, 6.45) is -2.55. The average Bonchev–Trinajstić information content (AvgIpc) is 2.38. The van der Waals surface area contributed by atoms with E-state index in [1.54, 1.807) is 0 Å².